The number of ether oxygens (including phenoxy) is 1. The molecule has 0 aromatic heterocycles. The Labute approximate surface area is 110 Å². The van der Waals surface area contributed by atoms with Gasteiger partial charge in [-0.1, -0.05) is 48.1 Å². The molecule has 1 aromatic rings. The maximum atomic E-state index is 5.50. The van der Waals surface area contributed by atoms with Crippen LogP contribution in [0.15, 0.2) is 36.6 Å². The summed E-state index contributed by atoms with van der Waals surface area (Å²) in [7, 11) is 0. The van der Waals surface area contributed by atoms with Crippen LogP contribution in [0.1, 0.15) is 36.0 Å². The zero-order chi connectivity index (χ0) is 13.0. The second-order valence-corrected chi connectivity index (χ2v) is 5.21. The van der Waals surface area contributed by atoms with E-state index in [0.29, 0.717) is 5.92 Å². The molecule has 0 aliphatic carbocycles. The standard InChI is InChI=1S/C17H22O/c1-13-10-14(2)12-16(11-13)6-4-7-17-8-5-9-18-15(17)3/h4,6,10-12,17H,3,5,7-9H2,1-2H3/b6-4+. The van der Waals surface area contributed by atoms with Gasteiger partial charge in [0.05, 0.1) is 12.4 Å². The zero-order valence-corrected chi connectivity index (χ0v) is 11.4. The normalized spacial score (nSPS) is 20.1. The lowest BCUT2D eigenvalue weighted by atomic mass is 9.95. The van der Waals surface area contributed by atoms with Crippen LogP contribution in [0.3, 0.4) is 0 Å². The van der Waals surface area contributed by atoms with Crippen LogP contribution in [-0.2, 0) is 4.74 Å². The second kappa shape index (κ2) is 5.90. The number of rotatable bonds is 3. The summed E-state index contributed by atoms with van der Waals surface area (Å²) in [5.41, 5.74) is 3.93. The molecule has 96 valence electrons. The maximum Gasteiger partial charge on any atom is 0.0922 e. The van der Waals surface area contributed by atoms with Crippen LogP contribution in [0.25, 0.3) is 6.08 Å². The Morgan fingerprint density at radius 3 is 2.67 bits per heavy atom. The third-order valence-corrected chi connectivity index (χ3v) is 3.41. The van der Waals surface area contributed by atoms with Gasteiger partial charge in [0, 0.05) is 5.92 Å². The van der Waals surface area contributed by atoms with Gasteiger partial charge in [0.25, 0.3) is 0 Å². The molecule has 1 aliphatic rings. The lowest BCUT2D eigenvalue weighted by molar-refractivity contribution is 0.130. The van der Waals surface area contributed by atoms with E-state index < -0.39 is 0 Å². The van der Waals surface area contributed by atoms with E-state index in [0.717, 1.165) is 25.2 Å². The average Bonchev–Trinajstić information content (AvgIpc) is 2.30. The van der Waals surface area contributed by atoms with E-state index >= 15 is 0 Å². The molecule has 0 bridgehead atoms. The van der Waals surface area contributed by atoms with Crippen molar-refractivity contribution in [2.45, 2.75) is 33.1 Å². The van der Waals surface area contributed by atoms with E-state index in [2.05, 4.69) is 50.8 Å². The van der Waals surface area contributed by atoms with Crippen molar-refractivity contribution in [2.24, 2.45) is 5.92 Å². The predicted molar refractivity (Wildman–Crippen MR) is 77.4 cm³/mol. The minimum Gasteiger partial charge on any atom is -0.498 e. The summed E-state index contributed by atoms with van der Waals surface area (Å²) in [5, 5.41) is 0. The predicted octanol–water partition coefficient (Wildman–Crippen LogP) is 4.65. The van der Waals surface area contributed by atoms with E-state index in [9.17, 15) is 0 Å². The van der Waals surface area contributed by atoms with Gasteiger partial charge in [-0.3, -0.25) is 0 Å². The summed E-state index contributed by atoms with van der Waals surface area (Å²) < 4.78 is 5.50. The SMILES string of the molecule is C=C1OCCCC1C/C=C/c1cc(C)cc(C)c1. The van der Waals surface area contributed by atoms with Crippen LogP contribution in [0.5, 0.6) is 0 Å². The molecule has 0 amide bonds. The molecule has 2 rings (SSSR count). The van der Waals surface area contributed by atoms with Crippen LogP contribution < -0.4 is 0 Å². The van der Waals surface area contributed by atoms with Crippen molar-refractivity contribution in [3.8, 4) is 0 Å². The maximum absolute atomic E-state index is 5.50. The van der Waals surface area contributed by atoms with Crippen molar-refractivity contribution in [2.75, 3.05) is 6.61 Å². The Kier molecular flexibility index (Phi) is 4.24. The molecule has 1 aromatic carbocycles. The fraction of sp³-hybridized carbons (Fsp3) is 0.412. The highest BCUT2D eigenvalue weighted by Gasteiger charge is 2.16. The number of hydrogen-bond donors (Lipinski definition) is 0. The van der Waals surface area contributed by atoms with Gasteiger partial charge in [0.1, 0.15) is 0 Å². The Bertz CT molecular complexity index is 436. The summed E-state index contributed by atoms with van der Waals surface area (Å²) >= 11 is 0. The number of benzene rings is 1. The van der Waals surface area contributed by atoms with Gasteiger partial charge in [0.2, 0.25) is 0 Å². The fourth-order valence-electron chi connectivity index (χ4n) is 2.54. The van der Waals surface area contributed by atoms with E-state index in [1.165, 1.54) is 23.1 Å². The molecule has 0 saturated carbocycles. The van der Waals surface area contributed by atoms with Crippen molar-refractivity contribution >= 4 is 6.08 Å². The van der Waals surface area contributed by atoms with Gasteiger partial charge in [-0.15, -0.1) is 0 Å². The molecule has 0 radical (unpaired) electrons. The highest BCUT2D eigenvalue weighted by molar-refractivity contribution is 5.51. The molecule has 1 aliphatic heterocycles. The van der Waals surface area contributed by atoms with Crippen LogP contribution in [0, 0.1) is 19.8 Å². The van der Waals surface area contributed by atoms with Crippen molar-refractivity contribution in [1.82, 2.24) is 0 Å². The van der Waals surface area contributed by atoms with Crippen LogP contribution >= 0.6 is 0 Å². The first-order chi connectivity index (χ1) is 8.65. The van der Waals surface area contributed by atoms with Crippen molar-refractivity contribution in [3.63, 3.8) is 0 Å². The molecular formula is C17H22O. The van der Waals surface area contributed by atoms with E-state index in [-0.39, 0.29) is 0 Å². The molecule has 0 N–H and O–H groups in total. The van der Waals surface area contributed by atoms with Gasteiger partial charge >= 0.3 is 0 Å². The zero-order valence-electron chi connectivity index (χ0n) is 11.4. The van der Waals surface area contributed by atoms with Gasteiger partial charge in [-0.2, -0.15) is 0 Å². The van der Waals surface area contributed by atoms with Crippen molar-refractivity contribution in [1.29, 1.82) is 0 Å². The molecule has 1 atom stereocenters. The lowest BCUT2D eigenvalue weighted by Gasteiger charge is -2.23. The Morgan fingerprint density at radius 2 is 2.00 bits per heavy atom. The molecule has 1 saturated heterocycles. The molecule has 1 heterocycles. The lowest BCUT2D eigenvalue weighted by Crippen LogP contribution is -2.13. The highest BCUT2D eigenvalue weighted by atomic mass is 16.5. The number of allylic oxidation sites excluding steroid dienone is 2. The topological polar surface area (TPSA) is 9.23 Å². The summed E-state index contributed by atoms with van der Waals surface area (Å²) in [6.45, 7) is 9.12. The molecule has 18 heavy (non-hydrogen) atoms. The van der Waals surface area contributed by atoms with E-state index in [1.807, 2.05) is 0 Å². The second-order valence-electron chi connectivity index (χ2n) is 5.21. The summed E-state index contributed by atoms with van der Waals surface area (Å²) in [6, 6.07) is 6.64. The van der Waals surface area contributed by atoms with Gasteiger partial charge in [-0.25, -0.2) is 0 Å². The first kappa shape index (κ1) is 12.9. The van der Waals surface area contributed by atoms with Gasteiger partial charge in [-0.05, 0) is 38.7 Å². The molecule has 1 unspecified atom stereocenters. The highest BCUT2D eigenvalue weighted by Crippen LogP contribution is 2.26. The number of hydrogen-bond acceptors (Lipinski definition) is 1. The minimum atomic E-state index is 0.501. The van der Waals surface area contributed by atoms with Crippen LogP contribution in [0.4, 0.5) is 0 Å². The molecule has 1 heteroatoms. The first-order valence-electron chi connectivity index (χ1n) is 6.71. The number of aryl methyl sites for hydroxylation is 2. The van der Waals surface area contributed by atoms with E-state index in [1.54, 1.807) is 0 Å². The monoisotopic (exact) mass is 242 g/mol. The first-order valence-corrected chi connectivity index (χ1v) is 6.71. The average molecular weight is 242 g/mol. The summed E-state index contributed by atoms with van der Waals surface area (Å²) in [4.78, 5) is 0. The third-order valence-electron chi connectivity index (χ3n) is 3.41. The fourth-order valence-corrected chi connectivity index (χ4v) is 2.54. The minimum absolute atomic E-state index is 0.501. The molecule has 0 spiro atoms. The largest absolute Gasteiger partial charge is 0.498 e. The molecule has 1 nitrogen and oxygen atoms in total. The Balaban J connectivity index is 1.96. The Hall–Kier alpha value is -1.50. The third kappa shape index (κ3) is 3.49. The van der Waals surface area contributed by atoms with Crippen LogP contribution in [0.2, 0.25) is 0 Å². The molecule has 1 fully saturated rings. The van der Waals surface area contributed by atoms with Gasteiger partial charge < -0.3 is 4.74 Å². The van der Waals surface area contributed by atoms with Crippen LogP contribution in [-0.4, -0.2) is 6.61 Å². The van der Waals surface area contributed by atoms with Gasteiger partial charge in [0.15, 0.2) is 0 Å². The quantitative estimate of drug-likeness (QED) is 0.750. The molecular weight excluding hydrogens is 220 g/mol. The van der Waals surface area contributed by atoms with E-state index in [4.69, 9.17) is 4.74 Å². The summed E-state index contributed by atoms with van der Waals surface area (Å²) in [5.74, 6) is 1.47. The Morgan fingerprint density at radius 1 is 1.28 bits per heavy atom. The van der Waals surface area contributed by atoms with Crippen molar-refractivity contribution < 1.29 is 4.74 Å². The smallest absolute Gasteiger partial charge is 0.0922 e. The van der Waals surface area contributed by atoms with Crippen molar-refractivity contribution in [3.05, 3.63) is 53.3 Å². The summed E-state index contributed by atoms with van der Waals surface area (Å²) in [6.07, 6.45) is 7.85.